The molecule has 0 unspecified atom stereocenters. The molecule has 5 rings (SSSR count). The standard InChI is InChI=1S/C30H33N5O4/c1-4-39-30(38)33-16-14-24(15-17-33)34(28(36)23-18-22-10-8-9-13-27(22)31-19-23)20-26-21(2)32(3)35(29(26)37)25-11-6-5-7-12-25/h5-13,18-19,24H,4,14-17,20H2,1-3H3. The molecule has 1 aliphatic heterocycles. The van der Waals surface area contributed by atoms with Crippen molar-refractivity contribution >= 4 is 22.9 Å². The molecule has 1 fully saturated rings. The quantitative estimate of drug-likeness (QED) is 0.373. The molecule has 2 aromatic carbocycles. The molecular formula is C30H33N5O4. The Hall–Kier alpha value is -4.40. The molecule has 1 saturated heterocycles. The smallest absolute Gasteiger partial charge is 0.409 e. The summed E-state index contributed by atoms with van der Waals surface area (Å²) in [6, 6.07) is 18.8. The van der Waals surface area contributed by atoms with Crippen molar-refractivity contribution in [2.45, 2.75) is 39.3 Å². The molecule has 9 nitrogen and oxygen atoms in total. The van der Waals surface area contributed by atoms with E-state index in [1.54, 1.807) is 27.6 Å². The molecule has 4 aromatic rings. The Kier molecular flexibility index (Phi) is 7.49. The van der Waals surface area contributed by atoms with Crippen molar-refractivity contribution < 1.29 is 14.3 Å². The zero-order valence-corrected chi connectivity index (χ0v) is 22.5. The van der Waals surface area contributed by atoms with E-state index in [9.17, 15) is 14.4 Å². The zero-order valence-electron chi connectivity index (χ0n) is 22.5. The Morgan fingerprint density at radius 3 is 2.46 bits per heavy atom. The first-order valence-corrected chi connectivity index (χ1v) is 13.3. The molecule has 0 saturated carbocycles. The van der Waals surface area contributed by atoms with Crippen molar-refractivity contribution in [3.63, 3.8) is 0 Å². The predicted octanol–water partition coefficient (Wildman–Crippen LogP) is 4.30. The van der Waals surface area contributed by atoms with Crippen molar-refractivity contribution in [2.24, 2.45) is 7.05 Å². The SMILES string of the molecule is CCOC(=O)N1CCC(N(Cc2c(C)n(C)n(-c3ccccc3)c2=O)C(=O)c2cnc3ccccc3c2)CC1. The minimum absolute atomic E-state index is 0.153. The number of aromatic nitrogens is 3. The predicted molar refractivity (Wildman–Crippen MR) is 149 cm³/mol. The topological polar surface area (TPSA) is 89.7 Å². The third kappa shape index (κ3) is 5.16. The van der Waals surface area contributed by atoms with Gasteiger partial charge in [0.1, 0.15) is 0 Å². The largest absolute Gasteiger partial charge is 0.450 e. The van der Waals surface area contributed by atoms with Gasteiger partial charge in [-0.2, -0.15) is 0 Å². The van der Waals surface area contributed by atoms with Gasteiger partial charge in [-0.1, -0.05) is 36.4 Å². The van der Waals surface area contributed by atoms with Crippen molar-refractivity contribution in [1.29, 1.82) is 0 Å². The Morgan fingerprint density at radius 2 is 1.74 bits per heavy atom. The number of pyridine rings is 1. The van der Waals surface area contributed by atoms with Crippen LogP contribution in [0.4, 0.5) is 4.79 Å². The molecule has 3 heterocycles. The zero-order chi connectivity index (χ0) is 27.5. The van der Waals surface area contributed by atoms with Crippen LogP contribution in [0.3, 0.4) is 0 Å². The summed E-state index contributed by atoms with van der Waals surface area (Å²) >= 11 is 0. The van der Waals surface area contributed by atoms with Crippen molar-refractivity contribution in [1.82, 2.24) is 24.1 Å². The van der Waals surface area contributed by atoms with E-state index in [4.69, 9.17) is 4.74 Å². The normalized spacial score (nSPS) is 14.0. The van der Waals surface area contributed by atoms with E-state index >= 15 is 0 Å². The van der Waals surface area contributed by atoms with E-state index in [-0.39, 0.29) is 30.1 Å². The van der Waals surface area contributed by atoms with Gasteiger partial charge in [-0.3, -0.25) is 19.3 Å². The number of nitrogens with zero attached hydrogens (tertiary/aromatic N) is 5. The first-order chi connectivity index (χ1) is 18.9. The van der Waals surface area contributed by atoms with Gasteiger partial charge in [0.2, 0.25) is 0 Å². The Balaban J connectivity index is 1.50. The van der Waals surface area contributed by atoms with Crippen LogP contribution < -0.4 is 5.56 Å². The number of amides is 2. The van der Waals surface area contributed by atoms with Crippen LogP contribution >= 0.6 is 0 Å². The fourth-order valence-electron chi connectivity index (χ4n) is 5.27. The molecule has 2 aromatic heterocycles. The molecule has 0 aliphatic carbocycles. The van der Waals surface area contributed by atoms with Crippen LogP contribution in [-0.2, 0) is 18.3 Å². The lowest BCUT2D eigenvalue weighted by atomic mass is 10.0. The molecule has 202 valence electrons. The molecular weight excluding hydrogens is 494 g/mol. The number of hydrogen-bond acceptors (Lipinski definition) is 5. The Labute approximate surface area is 227 Å². The van der Waals surface area contributed by atoms with Crippen LogP contribution in [0.1, 0.15) is 41.4 Å². The summed E-state index contributed by atoms with van der Waals surface area (Å²) in [5.41, 5.74) is 3.25. The maximum Gasteiger partial charge on any atom is 0.409 e. The summed E-state index contributed by atoms with van der Waals surface area (Å²) in [4.78, 5) is 48.0. The number of rotatable bonds is 6. The van der Waals surface area contributed by atoms with Crippen LogP contribution in [0.2, 0.25) is 0 Å². The van der Waals surface area contributed by atoms with E-state index in [2.05, 4.69) is 4.98 Å². The summed E-state index contributed by atoms with van der Waals surface area (Å²) in [5.74, 6) is -0.184. The lowest BCUT2D eigenvalue weighted by Crippen LogP contribution is -2.49. The van der Waals surface area contributed by atoms with E-state index in [0.29, 0.717) is 43.7 Å². The van der Waals surface area contributed by atoms with Gasteiger partial charge in [-0.05, 0) is 51.0 Å². The van der Waals surface area contributed by atoms with E-state index in [0.717, 1.165) is 22.3 Å². The maximum atomic E-state index is 14.1. The van der Waals surface area contributed by atoms with E-state index < -0.39 is 0 Å². The first kappa shape index (κ1) is 26.2. The second kappa shape index (κ2) is 11.1. The third-order valence-corrected chi connectivity index (χ3v) is 7.53. The number of fused-ring (bicyclic) bond motifs is 1. The lowest BCUT2D eigenvalue weighted by Gasteiger charge is -2.38. The number of ether oxygens (including phenoxy) is 1. The minimum atomic E-state index is -0.336. The van der Waals surface area contributed by atoms with Gasteiger partial charge in [0.25, 0.3) is 11.5 Å². The maximum absolute atomic E-state index is 14.1. The van der Waals surface area contributed by atoms with Gasteiger partial charge in [-0.15, -0.1) is 0 Å². The summed E-state index contributed by atoms with van der Waals surface area (Å²) in [5, 5.41) is 0.878. The van der Waals surface area contributed by atoms with Gasteiger partial charge in [0.15, 0.2) is 0 Å². The fourth-order valence-corrected chi connectivity index (χ4v) is 5.27. The molecule has 0 bridgehead atoms. The van der Waals surface area contributed by atoms with Crippen LogP contribution in [0, 0.1) is 6.92 Å². The van der Waals surface area contributed by atoms with Crippen LogP contribution in [-0.4, -0.2) is 61.9 Å². The highest BCUT2D eigenvalue weighted by Gasteiger charge is 2.32. The van der Waals surface area contributed by atoms with Gasteiger partial charge in [0.05, 0.1) is 35.5 Å². The molecule has 9 heteroatoms. The second-order valence-electron chi connectivity index (χ2n) is 9.81. The van der Waals surface area contributed by atoms with Crippen molar-refractivity contribution in [3.05, 3.63) is 94.0 Å². The summed E-state index contributed by atoms with van der Waals surface area (Å²) < 4.78 is 8.63. The molecule has 1 aliphatic rings. The average molecular weight is 528 g/mol. The van der Waals surface area contributed by atoms with Gasteiger partial charge >= 0.3 is 6.09 Å². The first-order valence-electron chi connectivity index (χ1n) is 13.3. The average Bonchev–Trinajstić information content (AvgIpc) is 3.18. The molecule has 0 radical (unpaired) electrons. The Morgan fingerprint density at radius 1 is 1.05 bits per heavy atom. The van der Waals surface area contributed by atoms with Crippen LogP contribution in [0.15, 0.2) is 71.7 Å². The van der Waals surface area contributed by atoms with Crippen molar-refractivity contribution in [2.75, 3.05) is 19.7 Å². The number of hydrogen-bond donors (Lipinski definition) is 0. The number of piperidine rings is 1. The molecule has 0 spiro atoms. The van der Waals surface area contributed by atoms with Gasteiger partial charge < -0.3 is 14.5 Å². The van der Waals surface area contributed by atoms with Crippen molar-refractivity contribution in [3.8, 4) is 5.69 Å². The number of benzene rings is 2. The van der Waals surface area contributed by atoms with E-state index in [1.165, 1.54) is 0 Å². The molecule has 2 amide bonds. The van der Waals surface area contributed by atoms with E-state index in [1.807, 2.05) is 79.3 Å². The molecule has 39 heavy (non-hydrogen) atoms. The summed E-state index contributed by atoms with van der Waals surface area (Å²) in [6.45, 7) is 5.12. The highest BCUT2D eigenvalue weighted by molar-refractivity contribution is 5.97. The number of para-hydroxylation sites is 2. The molecule has 0 atom stereocenters. The summed E-state index contributed by atoms with van der Waals surface area (Å²) in [7, 11) is 1.85. The van der Waals surface area contributed by atoms with Crippen LogP contribution in [0.25, 0.3) is 16.6 Å². The van der Waals surface area contributed by atoms with Crippen LogP contribution in [0.5, 0.6) is 0 Å². The third-order valence-electron chi connectivity index (χ3n) is 7.53. The van der Waals surface area contributed by atoms with Gasteiger partial charge in [0, 0.05) is 43.5 Å². The highest BCUT2D eigenvalue weighted by atomic mass is 16.6. The number of likely N-dealkylation sites (tertiary alicyclic amines) is 1. The Bertz CT molecular complexity index is 1550. The highest BCUT2D eigenvalue weighted by Crippen LogP contribution is 2.24. The minimum Gasteiger partial charge on any atom is -0.450 e. The second-order valence-corrected chi connectivity index (χ2v) is 9.81. The number of carbonyl (C=O) groups is 2. The molecule has 0 N–H and O–H groups in total. The fraction of sp³-hybridized carbons (Fsp3) is 0.333. The monoisotopic (exact) mass is 527 g/mol. The number of carbonyl (C=O) groups excluding carboxylic acids is 2. The summed E-state index contributed by atoms with van der Waals surface area (Å²) in [6.07, 6.45) is 2.44. The lowest BCUT2D eigenvalue weighted by molar-refractivity contribution is 0.0515. The van der Waals surface area contributed by atoms with Gasteiger partial charge in [-0.25, -0.2) is 9.48 Å².